The Bertz CT molecular complexity index is 427. The van der Waals surface area contributed by atoms with E-state index in [0.29, 0.717) is 0 Å². The average molecular weight is 203 g/mol. The van der Waals surface area contributed by atoms with Gasteiger partial charge in [-0.3, -0.25) is 4.98 Å². The first kappa shape index (κ1) is 9.58. The van der Waals surface area contributed by atoms with Crippen molar-refractivity contribution in [2.75, 3.05) is 5.32 Å². The molecule has 2 aromatic heterocycles. The number of anilines is 2. The van der Waals surface area contributed by atoms with E-state index < -0.39 is 0 Å². The quantitative estimate of drug-likeness (QED) is 0.815. The molecule has 2 heterocycles. The second-order valence-corrected chi connectivity index (χ2v) is 3.15. The van der Waals surface area contributed by atoms with Gasteiger partial charge in [0.1, 0.15) is 0 Å². The Morgan fingerprint density at radius 2 is 2.13 bits per heavy atom. The van der Waals surface area contributed by atoms with Gasteiger partial charge in [-0.05, 0) is 30.7 Å². The summed E-state index contributed by atoms with van der Waals surface area (Å²) in [5.41, 5.74) is 1.75. The molecule has 4 heteroatoms. The number of halogens is 1. The monoisotopic (exact) mass is 203 g/mol. The summed E-state index contributed by atoms with van der Waals surface area (Å²) in [5.74, 6) is -0.158. The molecular formula is C11H10FN3. The summed E-state index contributed by atoms with van der Waals surface area (Å²) >= 11 is 0. The highest BCUT2D eigenvalue weighted by Crippen LogP contribution is 2.18. The van der Waals surface area contributed by atoms with Crippen molar-refractivity contribution in [2.24, 2.45) is 0 Å². The number of hydrogen-bond donors (Lipinski definition) is 1. The Kier molecular flexibility index (Phi) is 2.58. The van der Waals surface area contributed by atoms with Crippen LogP contribution in [0.2, 0.25) is 0 Å². The number of aromatic nitrogens is 2. The molecule has 2 aromatic rings. The van der Waals surface area contributed by atoms with E-state index in [1.165, 1.54) is 12.3 Å². The van der Waals surface area contributed by atoms with Crippen LogP contribution in [0.25, 0.3) is 0 Å². The Labute approximate surface area is 87.0 Å². The van der Waals surface area contributed by atoms with Crippen molar-refractivity contribution in [3.8, 4) is 0 Å². The van der Waals surface area contributed by atoms with Crippen LogP contribution in [0.5, 0.6) is 0 Å². The van der Waals surface area contributed by atoms with Crippen molar-refractivity contribution < 1.29 is 4.39 Å². The number of nitrogens with zero attached hydrogens (tertiary/aromatic N) is 2. The van der Waals surface area contributed by atoms with Crippen LogP contribution in [-0.2, 0) is 0 Å². The van der Waals surface area contributed by atoms with Crippen LogP contribution in [0, 0.1) is 12.7 Å². The molecule has 1 N–H and O–H groups in total. The molecule has 15 heavy (non-hydrogen) atoms. The molecule has 0 aromatic carbocycles. The van der Waals surface area contributed by atoms with Gasteiger partial charge < -0.3 is 5.32 Å². The predicted octanol–water partition coefficient (Wildman–Crippen LogP) is 2.67. The lowest BCUT2D eigenvalue weighted by molar-refractivity contribution is 0.626. The van der Waals surface area contributed by atoms with Gasteiger partial charge in [0.25, 0.3) is 0 Å². The first-order chi connectivity index (χ1) is 7.27. The second-order valence-electron chi connectivity index (χ2n) is 3.15. The van der Waals surface area contributed by atoms with Crippen LogP contribution in [0.15, 0.2) is 36.8 Å². The summed E-state index contributed by atoms with van der Waals surface area (Å²) < 4.78 is 13.3. The minimum atomic E-state index is -0.374. The molecule has 76 valence electrons. The molecular weight excluding hydrogens is 193 g/mol. The summed E-state index contributed by atoms with van der Waals surface area (Å²) in [7, 11) is 0. The van der Waals surface area contributed by atoms with Crippen LogP contribution >= 0.6 is 0 Å². The maximum Gasteiger partial charge on any atom is 0.166 e. The zero-order valence-electron chi connectivity index (χ0n) is 8.24. The van der Waals surface area contributed by atoms with E-state index in [2.05, 4.69) is 15.3 Å². The second kappa shape index (κ2) is 4.04. The van der Waals surface area contributed by atoms with Crippen LogP contribution in [0.4, 0.5) is 15.9 Å². The first-order valence-corrected chi connectivity index (χ1v) is 4.55. The van der Waals surface area contributed by atoms with Crippen LogP contribution in [0.3, 0.4) is 0 Å². The molecule has 0 aliphatic rings. The lowest BCUT2D eigenvalue weighted by atomic mass is 10.2. The molecule has 0 unspecified atom stereocenters. The van der Waals surface area contributed by atoms with Crippen molar-refractivity contribution >= 4 is 11.5 Å². The number of nitrogens with one attached hydrogen (secondary N) is 1. The molecule has 0 atom stereocenters. The summed E-state index contributed by atoms with van der Waals surface area (Å²) in [5, 5.41) is 2.89. The minimum Gasteiger partial charge on any atom is -0.336 e. The summed E-state index contributed by atoms with van der Waals surface area (Å²) in [6.45, 7) is 1.92. The van der Waals surface area contributed by atoms with E-state index in [4.69, 9.17) is 0 Å². The van der Waals surface area contributed by atoms with Crippen molar-refractivity contribution in [2.45, 2.75) is 6.92 Å². The van der Waals surface area contributed by atoms with Crippen molar-refractivity contribution in [1.82, 2.24) is 9.97 Å². The Morgan fingerprint density at radius 3 is 2.87 bits per heavy atom. The highest BCUT2D eigenvalue weighted by molar-refractivity contribution is 5.58. The van der Waals surface area contributed by atoms with E-state index in [0.717, 1.165) is 11.3 Å². The number of hydrogen-bond acceptors (Lipinski definition) is 3. The van der Waals surface area contributed by atoms with E-state index in [1.54, 1.807) is 18.5 Å². The zero-order valence-corrected chi connectivity index (χ0v) is 8.24. The standard InChI is InChI=1S/C11H10FN3/c1-8-4-6-13-7-10(8)15-11-9(12)3-2-5-14-11/h2-7H,1H3,(H,14,15). The smallest absolute Gasteiger partial charge is 0.166 e. The topological polar surface area (TPSA) is 37.8 Å². The van der Waals surface area contributed by atoms with Gasteiger partial charge in [-0.25, -0.2) is 9.37 Å². The fourth-order valence-electron chi connectivity index (χ4n) is 1.20. The molecule has 0 radical (unpaired) electrons. The fraction of sp³-hybridized carbons (Fsp3) is 0.0909. The third-order valence-electron chi connectivity index (χ3n) is 2.05. The molecule has 0 saturated heterocycles. The minimum absolute atomic E-state index is 0.216. The van der Waals surface area contributed by atoms with Gasteiger partial charge in [-0.1, -0.05) is 0 Å². The molecule has 0 aliphatic carbocycles. The molecule has 0 spiro atoms. The summed E-state index contributed by atoms with van der Waals surface area (Å²) in [4.78, 5) is 7.86. The first-order valence-electron chi connectivity index (χ1n) is 4.55. The van der Waals surface area contributed by atoms with Gasteiger partial charge in [0.05, 0.1) is 11.9 Å². The predicted molar refractivity (Wildman–Crippen MR) is 56.5 cm³/mol. The van der Waals surface area contributed by atoms with Crippen molar-refractivity contribution in [1.29, 1.82) is 0 Å². The van der Waals surface area contributed by atoms with Gasteiger partial charge in [-0.15, -0.1) is 0 Å². The normalized spacial score (nSPS) is 10.0. The molecule has 0 fully saturated rings. The van der Waals surface area contributed by atoms with Crippen molar-refractivity contribution in [3.63, 3.8) is 0 Å². The molecule has 0 amide bonds. The molecule has 0 aliphatic heterocycles. The average Bonchev–Trinajstić information content (AvgIpc) is 2.24. The molecule has 0 saturated carbocycles. The third kappa shape index (κ3) is 2.10. The zero-order chi connectivity index (χ0) is 10.7. The maximum absolute atomic E-state index is 13.3. The lowest BCUT2D eigenvalue weighted by Crippen LogP contribution is -1.98. The van der Waals surface area contributed by atoms with E-state index in [1.807, 2.05) is 13.0 Å². The summed E-state index contributed by atoms with van der Waals surface area (Å²) in [6.07, 6.45) is 4.87. The Morgan fingerprint density at radius 1 is 1.27 bits per heavy atom. The van der Waals surface area contributed by atoms with Gasteiger partial charge in [0.2, 0.25) is 0 Å². The Balaban J connectivity index is 2.30. The number of rotatable bonds is 2. The van der Waals surface area contributed by atoms with Gasteiger partial charge in [-0.2, -0.15) is 0 Å². The largest absolute Gasteiger partial charge is 0.336 e. The SMILES string of the molecule is Cc1ccncc1Nc1ncccc1F. The van der Waals surface area contributed by atoms with Crippen LogP contribution in [-0.4, -0.2) is 9.97 Å². The highest BCUT2D eigenvalue weighted by atomic mass is 19.1. The highest BCUT2D eigenvalue weighted by Gasteiger charge is 2.03. The van der Waals surface area contributed by atoms with E-state index in [9.17, 15) is 4.39 Å². The molecule has 0 bridgehead atoms. The molecule has 2 rings (SSSR count). The Hall–Kier alpha value is -1.97. The van der Waals surface area contributed by atoms with Crippen LogP contribution < -0.4 is 5.32 Å². The fourth-order valence-corrected chi connectivity index (χ4v) is 1.20. The van der Waals surface area contributed by atoms with Crippen molar-refractivity contribution in [3.05, 3.63) is 48.2 Å². The molecule has 3 nitrogen and oxygen atoms in total. The maximum atomic E-state index is 13.3. The van der Waals surface area contributed by atoms with Gasteiger partial charge >= 0.3 is 0 Å². The van der Waals surface area contributed by atoms with Gasteiger partial charge in [0.15, 0.2) is 11.6 Å². The van der Waals surface area contributed by atoms with E-state index >= 15 is 0 Å². The third-order valence-corrected chi connectivity index (χ3v) is 2.05. The van der Waals surface area contributed by atoms with E-state index in [-0.39, 0.29) is 11.6 Å². The van der Waals surface area contributed by atoms with Gasteiger partial charge in [0, 0.05) is 12.4 Å². The van der Waals surface area contributed by atoms with Crippen LogP contribution in [0.1, 0.15) is 5.56 Å². The lowest BCUT2D eigenvalue weighted by Gasteiger charge is -2.07. The number of pyridine rings is 2. The number of aryl methyl sites for hydroxylation is 1. The summed E-state index contributed by atoms with van der Waals surface area (Å²) in [6, 6.07) is 4.76.